The van der Waals surface area contributed by atoms with E-state index in [1.807, 2.05) is 16.8 Å². The summed E-state index contributed by atoms with van der Waals surface area (Å²) >= 11 is 0. The van der Waals surface area contributed by atoms with Gasteiger partial charge in [-0.2, -0.15) is 5.10 Å². The van der Waals surface area contributed by atoms with E-state index in [1.165, 1.54) is 6.08 Å². The maximum absolute atomic E-state index is 12.1. The number of carbonyl (C=O) groups is 1. The van der Waals surface area contributed by atoms with Crippen molar-refractivity contribution in [1.29, 1.82) is 0 Å². The van der Waals surface area contributed by atoms with Gasteiger partial charge in [-0.3, -0.25) is 9.48 Å². The number of methoxy groups -OCH3 is 3. The van der Waals surface area contributed by atoms with Crippen molar-refractivity contribution in [2.45, 2.75) is 12.5 Å². The Morgan fingerprint density at radius 3 is 2.55 bits per heavy atom. The zero-order valence-electron chi connectivity index (χ0n) is 18.8. The molecule has 1 aliphatic rings. The molecule has 170 valence electrons. The average Bonchev–Trinajstić information content (AvgIpc) is 3.48. The normalized spacial score (nSPS) is 15.1. The molecule has 4 rings (SSSR count). The molecule has 0 aliphatic carbocycles. The molecule has 9 nitrogen and oxygen atoms in total. The molecule has 1 fully saturated rings. The van der Waals surface area contributed by atoms with Crippen LogP contribution in [0.3, 0.4) is 0 Å². The number of amides is 1. The number of benzene rings is 1. The number of carbonyl (C=O) groups excluding carboxylic acids is 1. The first-order chi connectivity index (χ1) is 16.0. The minimum atomic E-state index is -0.103. The van der Waals surface area contributed by atoms with Crippen LogP contribution in [-0.2, 0) is 4.79 Å². The fraction of sp³-hybridized carbons (Fsp3) is 0.292. The monoisotopic (exact) mass is 447 g/mol. The molecule has 1 aromatic carbocycles. The van der Waals surface area contributed by atoms with Crippen molar-refractivity contribution in [3.63, 3.8) is 0 Å². The number of hydrogen-bond donors (Lipinski definition) is 1. The summed E-state index contributed by atoms with van der Waals surface area (Å²) < 4.78 is 18.1. The number of ether oxygens (including phenoxy) is 3. The van der Waals surface area contributed by atoms with Crippen molar-refractivity contribution >= 4 is 22.6 Å². The summed E-state index contributed by atoms with van der Waals surface area (Å²) in [5.41, 5.74) is 8.13. The fourth-order valence-electron chi connectivity index (χ4n) is 3.95. The Bertz CT molecular complexity index is 1270. The number of hydrogen-bond acceptors (Lipinski definition) is 7. The largest absolute Gasteiger partial charge is 0.497 e. The van der Waals surface area contributed by atoms with Crippen LogP contribution in [0.25, 0.3) is 10.9 Å². The summed E-state index contributed by atoms with van der Waals surface area (Å²) in [6, 6.07) is 5.34. The summed E-state index contributed by atoms with van der Waals surface area (Å²) in [5.74, 6) is 8.25. The zero-order valence-corrected chi connectivity index (χ0v) is 18.8. The molecule has 1 unspecified atom stereocenters. The van der Waals surface area contributed by atoms with Gasteiger partial charge in [-0.15, -0.1) is 0 Å². The van der Waals surface area contributed by atoms with Crippen molar-refractivity contribution in [1.82, 2.24) is 19.7 Å². The van der Waals surface area contributed by atoms with E-state index in [0.717, 1.165) is 6.42 Å². The molecule has 0 radical (unpaired) electrons. The lowest BCUT2D eigenvalue weighted by molar-refractivity contribution is -0.125. The first kappa shape index (κ1) is 22.0. The van der Waals surface area contributed by atoms with Crippen LogP contribution in [0.1, 0.15) is 23.7 Å². The predicted molar refractivity (Wildman–Crippen MR) is 124 cm³/mol. The van der Waals surface area contributed by atoms with Crippen LogP contribution in [0.4, 0.5) is 5.82 Å². The SMILES string of the molecule is C=CC(=O)N1CCC(n2nc(C#Cc3cc(OC)cc(OC)c3)c3c(N)ncc(OC)c32)C1. The number of rotatable bonds is 5. The molecule has 1 atom stereocenters. The summed E-state index contributed by atoms with van der Waals surface area (Å²) in [6.45, 7) is 4.70. The summed E-state index contributed by atoms with van der Waals surface area (Å²) in [4.78, 5) is 18.1. The maximum Gasteiger partial charge on any atom is 0.246 e. The highest BCUT2D eigenvalue weighted by Crippen LogP contribution is 2.35. The molecule has 1 amide bonds. The van der Waals surface area contributed by atoms with Crippen LogP contribution in [0.5, 0.6) is 17.2 Å². The van der Waals surface area contributed by atoms with Gasteiger partial charge in [0.05, 0.1) is 39.0 Å². The lowest BCUT2D eigenvalue weighted by Gasteiger charge is -2.16. The quantitative estimate of drug-likeness (QED) is 0.473. The number of pyridine rings is 1. The van der Waals surface area contributed by atoms with Gasteiger partial charge in [0.2, 0.25) is 5.91 Å². The van der Waals surface area contributed by atoms with Gasteiger partial charge in [0.25, 0.3) is 0 Å². The number of fused-ring (bicyclic) bond motifs is 1. The van der Waals surface area contributed by atoms with Crippen molar-refractivity contribution in [3.05, 3.63) is 48.3 Å². The lowest BCUT2D eigenvalue weighted by Crippen LogP contribution is -2.27. The first-order valence-electron chi connectivity index (χ1n) is 10.4. The Morgan fingerprint density at radius 2 is 1.91 bits per heavy atom. The van der Waals surface area contributed by atoms with Gasteiger partial charge >= 0.3 is 0 Å². The van der Waals surface area contributed by atoms with Crippen molar-refractivity contribution in [3.8, 4) is 29.1 Å². The average molecular weight is 447 g/mol. The van der Waals surface area contributed by atoms with E-state index in [2.05, 4.69) is 23.4 Å². The van der Waals surface area contributed by atoms with Gasteiger partial charge < -0.3 is 24.8 Å². The Morgan fingerprint density at radius 1 is 1.18 bits per heavy atom. The molecule has 9 heteroatoms. The highest BCUT2D eigenvalue weighted by Gasteiger charge is 2.30. The van der Waals surface area contributed by atoms with Crippen molar-refractivity contribution in [2.75, 3.05) is 40.2 Å². The fourth-order valence-corrected chi connectivity index (χ4v) is 3.95. The van der Waals surface area contributed by atoms with Crippen LogP contribution in [0.2, 0.25) is 0 Å². The van der Waals surface area contributed by atoms with Gasteiger partial charge in [0.1, 0.15) is 28.5 Å². The Hall–Kier alpha value is -4.19. The topological polar surface area (TPSA) is 105 Å². The minimum Gasteiger partial charge on any atom is -0.497 e. The zero-order chi connectivity index (χ0) is 23.5. The predicted octanol–water partition coefficient (Wildman–Crippen LogP) is 2.40. The van der Waals surface area contributed by atoms with Crippen LogP contribution >= 0.6 is 0 Å². The highest BCUT2D eigenvalue weighted by atomic mass is 16.5. The smallest absolute Gasteiger partial charge is 0.246 e. The number of nitrogens with two attached hydrogens (primary N) is 1. The van der Waals surface area contributed by atoms with E-state index in [4.69, 9.17) is 25.0 Å². The van der Waals surface area contributed by atoms with Crippen molar-refractivity contribution < 1.29 is 19.0 Å². The van der Waals surface area contributed by atoms with Gasteiger partial charge in [0.15, 0.2) is 5.75 Å². The summed E-state index contributed by atoms with van der Waals surface area (Å²) in [7, 11) is 4.74. The molecule has 0 bridgehead atoms. The molecular formula is C24H25N5O4. The first-order valence-corrected chi connectivity index (χ1v) is 10.4. The van der Waals surface area contributed by atoms with Crippen LogP contribution in [0.15, 0.2) is 37.1 Å². The maximum atomic E-state index is 12.1. The van der Waals surface area contributed by atoms with Gasteiger partial charge in [-0.1, -0.05) is 12.5 Å². The number of aromatic nitrogens is 3. The van der Waals surface area contributed by atoms with Crippen molar-refractivity contribution in [2.24, 2.45) is 0 Å². The van der Waals surface area contributed by atoms with Gasteiger partial charge in [-0.25, -0.2) is 4.98 Å². The van der Waals surface area contributed by atoms with E-state index in [0.29, 0.717) is 58.3 Å². The minimum absolute atomic E-state index is 0.0560. The third-order valence-corrected chi connectivity index (χ3v) is 5.61. The third kappa shape index (κ3) is 4.15. The number of anilines is 1. The summed E-state index contributed by atoms with van der Waals surface area (Å²) in [6.07, 6.45) is 3.63. The van der Waals surface area contributed by atoms with Crippen LogP contribution in [-0.4, -0.2) is 60.0 Å². The van der Waals surface area contributed by atoms with E-state index in [-0.39, 0.29) is 11.9 Å². The third-order valence-electron chi connectivity index (χ3n) is 5.61. The Labute approximate surface area is 191 Å². The molecule has 0 saturated carbocycles. The standard InChI is InChI=1S/C24H25N5O4/c1-5-21(30)28-9-8-16(14-28)29-23-20(33-4)13-26-24(25)22(23)19(27-29)7-6-15-10-17(31-2)12-18(11-15)32-3/h5,10-13,16H,1,8-9,14H2,2-4H3,(H2,25,26). The Kier molecular flexibility index (Phi) is 6.09. The second kappa shape index (κ2) is 9.12. The molecule has 2 aromatic heterocycles. The van der Waals surface area contributed by atoms with E-state index < -0.39 is 0 Å². The molecule has 33 heavy (non-hydrogen) atoms. The van der Waals surface area contributed by atoms with Gasteiger partial charge in [-0.05, 0) is 30.6 Å². The van der Waals surface area contributed by atoms with Crippen LogP contribution < -0.4 is 19.9 Å². The van der Waals surface area contributed by atoms with E-state index in [9.17, 15) is 4.79 Å². The molecule has 1 aliphatic heterocycles. The molecule has 0 spiro atoms. The lowest BCUT2D eigenvalue weighted by atomic mass is 10.1. The van der Waals surface area contributed by atoms with Gasteiger partial charge in [0, 0.05) is 24.7 Å². The molecule has 3 heterocycles. The molecule has 1 saturated heterocycles. The summed E-state index contributed by atoms with van der Waals surface area (Å²) in [5, 5.41) is 5.39. The number of nitrogens with zero attached hydrogens (tertiary/aromatic N) is 4. The molecule has 3 aromatic rings. The second-order valence-electron chi connectivity index (χ2n) is 7.51. The van der Waals surface area contributed by atoms with Crippen LogP contribution in [0, 0.1) is 11.8 Å². The van der Waals surface area contributed by atoms with E-state index >= 15 is 0 Å². The van der Waals surface area contributed by atoms with E-state index in [1.54, 1.807) is 38.5 Å². The number of nitrogen functional groups attached to an aromatic ring is 1. The second-order valence-corrected chi connectivity index (χ2v) is 7.51. The highest BCUT2D eigenvalue weighted by molar-refractivity contribution is 5.97. The Balaban J connectivity index is 1.82. The molecule has 2 N–H and O–H groups in total. The number of likely N-dealkylation sites (tertiary alicyclic amines) is 1. The molecular weight excluding hydrogens is 422 g/mol.